The van der Waals surface area contributed by atoms with Gasteiger partial charge >= 0.3 is 0 Å². The molecule has 0 bridgehead atoms. The van der Waals surface area contributed by atoms with Crippen LogP contribution in [0.3, 0.4) is 0 Å². The summed E-state index contributed by atoms with van der Waals surface area (Å²) in [7, 11) is 0. The lowest BCUT2D eigenvalue weighted by Crippen LogP contribution is -2.48. The normalized spacial score (nSPS) is 12.9. The molecule has 1 aromatic carbocycles. The number of nitro benzene ring substituents is 1. The fraction of sp³-hybridized carbons (Fsp3) is 0.429. The lowest BCUT2D eigenvalue weighted by Gasteiger charge is -2.22. The van der Waals surface area contributed by atoms with Gasteiger partial charge in [-0.05, 0) is 44.2 Å². The van der Waals surface area contributed by atoms with Crippen molar-refractivity contribution in [2.24, 2.45) is 4.99 Å². The molecule has 0 fully saturated rings. The number of hydrogen-bond donors (Lipinski definition) is 3. The number of carbonyl (C=O) groups excluding carboxylic acids is 1. The zero-order valence-electron chi connectivity index (χ0n) is 17.8. The first kappa shape index (κ1) is 23.3. The molecular weight excluding hydrogens is 402 g/mol. The molecule has 0 spiro atoms. The highest BCUT2D eigenvalue weighted by molar-refractivity contribution is 7.10. The van der Waals surface area contributed by atoms with E-state index in [2.05, 4.69) is 33.9 Å². The lowest BCUT2D eigenvalue weighted by atomic mass is 10.1. The number of non-ortho nitro benzene ring substituents is 1. The number of nitrogens with one attached hydrogen (secondary N) is 3. The van der Waals surface area contributed by atoms with Crippen LogP contribution in [0.5, 0.6) is 0 Å². The van der Waals surface area contributed by atoms with Crippen molar-refractivity contribution in [3.63, 3.8) is 0 Å². The van der Waals surface area contributed by atoms with Crippen molar-refractivity contribution in [2.75, 3.05) is 6.54 Å². The molecular formula is C21H29N5O3S. The Labute approximate surface area is 181 Å². The SMILES string of the molecule is CCC(NC(=NCc1ccc([N+](=O)[O-])cc1)NCC(=O)NC(C)(C)C)c1cccs1. The van der Waals surface area contributed by atoms with Crippen LogP contribution in [0.2, 0.25) is 0 Å². The van der Waals surface area contributed by atoms with Crippen molar-refractivity contribution >= 4 is 28.9 Å². The Hall–Kier alpha value is -2.94. The molecule has 0 aliphatic rings. The second-order valence-corrected chi connectivity index (χ2v) is 8.84. The third kappa shape index (κ3) is 7.82. The standard InChI is InChI=1S/C21H29N5O3S/c1-5-17(18-7-6-12-30-18)24-20(23-14-19(27)25-21(2,3)4)22-13-15-8-10-16(11-9-15)26(28)29/h6-12,17H,5,13-14H2,1-4H3,(H,25,27)(H2,22,23,24). The smallest absolute Gasteiger partial charge is 0.269 e. The maximum Gasteiger partial charge on any atom is 0.269 e. The molecule has 1 amide bonds. The summed E-state index contributed by atoms with van der Waals surface area (Å²) in [6.07, 6.45) is 0.854. The van der Waals surface area contributed by atoms with Gasteiger partial charge < -0.3 is 16.0 Å². The van der Waals surface area contributed by atoms with Crippen molar-refractivity contribution in [3.8, 4) is 0 Å². The van der Waals surface area contributed by atoms with Crippen LogP contribution >= 0.6 is 11.3 Å². The van der Waals surface area contributed by atoms with Gasteiger partial charge in [0.1, 0.15) is 0 Å². The maximum atomic E-state index is 12.2. The molecule has 0 aliphatic carbocycles. The molecule has 0 aliphatic heterocycles. The van der Waals surface area contributed by atoms with Gasteiger partial charge in [-0.3, -0.25) is 14.9 Å². The van der Waals surface area contributed by atoms with E-state index in [1.807, 2.05) is 32.2 Å². The van der Waals surface area contributed by atoms with Crippen LogP contribution in [-0.2, 0) is 11.3 Å². The van der Waals surface area contributed by atoms with Gasteiger partial charge in [0.2, 0.25) is 5.91 Å². The minimum Gasteiger partial charge on any atom is -0.350 e. The van der Waals surface area contributed by atoms with Crippen molar-refractivity contribution in [1.82, 2.24) is 16.0 Å². The first-order valence-corrected chi connectivity index (χ1v) is 10.7. The number of carbonyl (C=O) groups is 1. The number of nitrogens with zero attached hydrogens (tertiary/aromatic N) is 2. The minimum absolute atomic E-state index is 0.0433. The molecule has 1 atom stereocenters. The number of amides is 1. The monoisotopic (exact) mass is 431 g/mol. The van der Waals surface area contributed by atoms with Gasteiger partial charge in [-0.15, -0.1) is 11.3 Å². The number of rotatable bonds is 8. The second kappa shape index (κ2) is 10.7. The van der Waals surface area contributed by atoms with Crippen LogP contribution in [-0.4, -0.2) is 28.9 Å². The topological polar surface area (TPSA) is 109 Å². The van der Waals surface area contributed by atoms with Crippen molar-refractivity contribution in [2.45, 2.75) is 52.2 Å². The highest BCUT2D eigenvalue weighted by atomic mass is 32.1. The molecule has 8 nitrogen and oxygen atoms in total. The minimum atomic E-state index is -0.428. The third-order valence-corrected chi connectivity index (χ3v) is 5.09. The van der Waals surface area contributed by atoms with Crippen molar-refractivity contribution < 1.29 is 9.72 Å². The molecule has 1 unspecified atom stereocenters. The number of aliphatic imine (C=N–C) groups is 1. The molecule has 3 N–H and O–H groups in total. The first-order chi connectivity index (χ1) is 14.2. The molecule has 2 aromatic rings. The fourth-order valence-electron chi connectivity index (χ4n) is 2.70. The summed E-state index contributed by atoms with van der Waals surface area (Å²) in [6.45, 7) is 8.28. The van der Waals surface area contributed by atoms with Gasteiger partial charge in [-0.1, -0.05) is 25.1 Å². The summed E-state index contributed by atoms with van der Waals surface area (Å²) >= 11 is 1.66. The quantitative estimate of drug-likeness (QED) is 0.255. The average molecular weight is 432 g/mol. The molecule has 0 saturated carbocycles. The van der Waals surface area contributed by atoms with Crippen LogP contribution in [0.15, 0.2) is 46.8 Å². The fourth-order valence-corrected chi connectivity index (χ4v) is 3.56. The van der Waals surface area contributed by atoms with E-state index in [1.165, 1.54) is 17.0 Å². The van der Waals surface area contributed by atoms with E-state index in [9.17, 15) is 14.9 Å². The van der Waals surface area contributed by atoms with Crippen LogP contribution in [0.25, 0.3) is 0 Å². The number of hydrogen-bond acceptors (Lipinski definition) is 5. The Balaban J connectivity index is 2.11. The van der Waals surface area contributed by atoms with Gasteiger partial charge in [-0.2, -0.15) is 0 Å². The molecule has 1 aromatic heterocycles. The Bertz CT molecular complexity index is 858. The van der Waals surface area contributed by atoms with E-state index < -0.39 is 4.92 Å². The highest BCUT2D eigenvalue weighted by Crippen LogP contribution is 2.21. The largest absolute Gasteiger partial charge is 0.350 e. The Morgan fingerprint density at radius 1 is 1.23 bits per heavy atom. The van der Waals surface area contributed by atoms with Gasteiger partial charge in [0.25, 0.3) is 5.69 Å². The van der Waals surface area contributed by atoms with E-state index in [1.54, 1.807) is 23.5 Å². The van der Waals surface area contributed by atoms with Gasteiger partial charge in [-0.25, -0.2) is 4.99 Å². The van der Waals surface area contributed by atoms with E-state index in [-0.39, 0.29) is 29.7 Å². The van der Waals surface area contributed by atoms with Crippen LogP contribution < -0.4 is 16.0 Å². The van der Waals surface area contributed by atoms with Gasteiger partial charge in [0.05, 0.1) is 24.1 Å². The van der Waals surface area contributed by atoms with Gasteiger partial charge in [0, 0.05) is 22.5 Å². The Kier molecular flexibility index (Phi) is 8.35. The summed E-state index contributed by atoms with van der Waals surface area (Å²) in [6, 6.07) is 10.4. The number of benzene rings is 1. The number of guanidine groups is 1. The molecule has 0 radical (unpaired) electrons. The van der Waals surface area contributed by atoms with E-state index in [4.69, 9.17) is 0 Å². The molecule has 162 valence electrons. The number of thiophene rings is 1. The summed E-state index contributed by atoms with van der Waals surface area (Å²) in [5.74, 6) is 0.383. The number of nitro groups is 1. The second-order valence-electron chi connectivity index (χ2n) is 7.86. The summed E-state index contributed by atoms with van der Waals surface area (Å²) in [5, 5.41) is 22.2. The Morgan fingerprint density at radius 2 is 1.93 bits per heavy atom. The Morgan fingerprint density at radius 3 is 2.47 bits per heavy atom. The summed E-state index contributed by atoms with van der Waals surface area (Å²) < 4.78 is 0. The predicted molar refractivity (Wildman–Crippen MR) is 121 cm³/mol. The van der Waals surface area contributed by atoms with Gasteiger partial charge in [0.15, 0.2) is 5.96 Å². The van der Waals surface area contributed by atoms with Crippen molar-refractivity contribution in [1.29, 1.82) is 0 Å². The van der Waals surface area contributed by atoms with E-state index >= 15 is 0 Å². The zero-order valence-corrected chi connectivity index (χ0v) is 18.6. The summed E-state index contributed by atoms with van der Waals surface area (Å²) in [4.78, 5) is 28.4. The van der Waals surface area contributed by atoms with Crippen LogP contribution in [0.4, 0.5) is 5.69 Å². The first-order valence-electron chi connectivity index (χ1n) is 9.80. The van der Waals surface area contributed by atoms with Crippen molar-refractivity contribution in [3.05, 3.63) is 62.3 Å². The van der Waals surface area contributed by atoms with Crippen LogP contribution in [0.1, 0.15) is 50.6 Å². The lowest BCUT2D eigenvalue weighted by molar-refractivity contribution is -0.384. The van der Waals surface area contributed by atoms with E-state index in [0.717, 1.165) is 12.0 Å². The maximum absolute atomic E-state index is 12.2. The van der Waals surface area contributed by atoms with E-state index in [0.29, 0.717) is 12.5 Å². The highest BCUT2D eigenvalue weighted by Gasteiger charge is 2.16. The third-order valence-electron chi connectivity index (χ3n) is 4.10. The molecule has 2 rings (SSSR count). The molecule has 0 saturated heterocycles. The average Bonchev–Trinajstić information content (AvgIpc) is 3.21. The zero-order chi connectivity index (χ0) is 22.1. The predicted octanol–water partition coefficient (Wildman–Crippen LogP) is 3.76. The molecule has 9 heteroatoms. The van der Waals surface area contributed by atoms with Crippen LogP contribution in [0, 0.1) is 10.1 Å². The molecule has 30 heavy (non-hydrogen) atoms. The molecule has 1 heterocycles. The summed E-state index contributed by atoms with van der Waals surface area (Å²) in [5.41, 5.74) is 0.567.